The molecule has 0 saturated carbocycles. The first-order valence-electron chi connectivity index (χ1n) is 8.02. The van der Waals surface area contributed by atoms with E-state index in [1.165, 1.54) is 11.4 Å². The predicted octanol–water partition coefficient (Wildman–Crippen LogP) is 3.53. The number of esters is 1. The van der Waals surface area contributed by atoms with Gasteiger partial charge in [0.05, 0.1) is 16.8 Å². The van der Waals surface area contributed by atoms with Crippen LogP contribution in [0.25, 0.3) is 0 Å². The SMILES string of the molecule is COc1ccccc1OC(=O)C1CCCN(S(=O)(=O)c2ccc(Br)s2)C1. The normalized spacial score (nSPS) is 18.5. The number of sulfonamides is 1. The molecule has 0 bridgehead atoms. The summed E-state index contributed by atoms with van der Waals surface area (Å²) in [5.74, 6) is -0.152. The number of ether oxygens (including phenoxy) is 2. The van der Waals surface area contributed by atoms with E-state index in [2.05, 4.69) is 15.9 Å². The van der Waals surface area contributed by atoms with Crippen molar-refractivity contribution >= 4 is 43.3 Å². The van der Waals surface area contributed by atoms with Gasteiger partial charge in [-0.3, -0.25) is 4.79 Å². The van der Waals surface area contributed by atoms with Gasteiger partial charge in [-0.15, -0.1) is 11.3 Å². The van der Waals surface area contributed by atoms with E-state index in [1.807, 2.05) is 0 Å². The van der Waals surface area contributed by atoms with E-state index in [0.717, 1.165) is 15.1 Å². The fourth-order valence-electron chi connectivity index (χ4n) is 2.81. The third-order valence-corrected chi connectivity index (χ3v) is 8.10. The third-order valence-electron chi connectivity index (χ3n) is 4.14. The van der Waals surface area contributed by atoms with Crippen LogP contribution in [0.5, 0.6) is 11.5 Å². The average Bonchev–Trinajstić information content (AvgIpc) is 3.09. The number of benzene rings is 1. The number of methoxy groups -OCH3 is 1. The van der Waals surface area contributed by atoms with Crippen LogP contribution in [0.4, 0.5) is 0 Å². The summed E-state index contributed by atoms with van der Waals surface area (Å²) in [7, 11) is -2.10. The van der Waals surface area contributed by atoms with Gasteiger partial charge in [0.2, 0.25) is 0 Å². The number of thiophene rings is 1. The van der Waals surface area contributed by atoms with Gasteiger partial charge in [0.25, 0.3) is 10.0 Å². The van der Waals surface area contributed by atoms with Crippen molar-refractivity contribution in [2.24, 2.45) is 5.92 Å². The van der Waals surface area contributed by atoms with Gasteiger partial charge in [0.1, 0.15) is 4.21 Å². The van der Waals surface area contributed by atoms with Crippen molar-refractivity contribution in [2.75, 3.05) is 20.2 Å². The topological polar surface area (TPSA) is 72.9 Å². The van der Waals surface area contributed by atoms with Gasteiger partial charge in [0.15, 0.2) is 11.5 Å². The summed E-state index contributed by atoms with van der Waals surface area (Å²) in [4.78, 5) is 12.5. The maximum atomic E-state index is 12.8. The van der Waals surface area contributed by atoms with Crippen molar-refractivity contribution in [3.63, 3.8) is 0 Å². The Balaban J connectivity index is 1.73. The van der Waals surface area contributed by atoms with E-state index in [0.29, 0.717) is 30.9 Å². The molecule has 1 aliphatic heterocycles. The number of halogens is 1. The molecule has 1 atom stereocenters. The van der Waals surface area contributed by atoms with Gasteiger partial charge in [-0.25, -0.2) is 8.42 Å². The number of carbonyl (C=O) groups excluding carboxylic acids is 1. The Bertz CT molecular complexity index is 896. The molecule has 0 amide bonds. The monoisotopic (exact) mass is 459 g/mol. The summed E-state index contributed by atoms with van der Waals surface area (Å²) in [6, 6.07) is 10.2. The number of hydrogen-bond acceptors (Lipinski definition) is 6. The van der Waals surface area contributed by atoms with Gasteiger partial charge in [-0.2, -0.15) is 4.31 Å². The Hall–Kier alpha value is -1.42. The molecule has 3 rings (SSSR count). The second kappa shape index (κ2) is 8.08. The Labute approximate surface area is 164 Å². The maximum absolute atomic E-state index is 12.8. The van der Waals surface area contributed by atoms with E-state index in [1.54, 1.807) is 36.4 Å². The smallest absolute Gasteiger partial charge is 0.315 e. The second-order valence-corrected chi connectivity index (χ2v) is 10.5. The Morgan fingerprint density at radius 2 is 1.96 bits per heavy atom. The van der Waals surface area contributed by atoms with E-state index in [-0.39, 0.29) is 10.8 Å². The molecule has 1 aromatic heterocycles. The summed E-state index contributed by atoms with van der Waals surface area (Å²) in [6.07, 6.45) is 1.20. The van der Waals surface area contributed by atoms with Crippen molar-refractivity contribution in [1.82, 2.24) is 4.31 Å². The van der Waals surface area contributed by atoms with Crippen molar-refractivity contribution in [1.29, 1.82) is 0 Å². The minimum Gasteiger partial charge on any atom is -0.493 e. The number of para-hydroxylation sites is 2. The fraction of sp³-hybridized carbons (Fsp3) is 0.353. The quantitative estimate of drug-likeness (QED) is 0.504. The van der Waals surface area contributed by atoms with Crippen LogP contribution >= 0.6 is 27.3 Å². The molecule has 1 aliphatic rings. The molecule has 140 valence electrons. The standard InChI is InChI=1S/C17H18BrNO5S2/c1-23-13-6-2-3-7-14(13)24-17(20)12-5-4-10-19(11-12)26(21,22)16-9-8-15(18)25-16/h2-3,6-9,12H,4-5,10-11H2,1H3. The molecule has 0 spiro atoms. The number of nitrogens with zero attached hydrogens (tertiary/aromatic N) is 1. The molecule has 1 unspecified atom stereocenters. The lowest BCUT2D eigenvalue weighted by molar-refractivity contribution is -0.140. The number of carbonyl (C=O) groups is 1. The van der Waals surface area contributed by atoms with Crippen LogP contribution < -0.4 is 9.47 Å². The summed E-state index contributed by atoms with van der Waals surface area (Å²) in [5.41, 5.74) is 0. The van der Waals surface area contributed by atoms with E-state index >= 15 is 0 Å². The van der Waals surface area contributed by atoms with Crippen LogP contribution in [0.15, 0.2) is 44.4 Å². The van der Waals surface area contributed by atoms with Crippen LogP contribution in [0.3, 0.4) is 0 Å². The van der Waals surface area contributed by atoms with Crippen molar-refractivity contribution in [3.05, 3.63) is 40.2 Å². The molecular formula is C17H18BrNO5S2. The predicted molar refractivity (Wildman–Crippen MR) is 102 cm³/mol. The van der Waals surface area contributed by atoms with Gasteiger partial charge in [-0.05, 0) is 53.0 Å². The number of hydrogen-bond donors (Lipinski definition) is 0. The van der Waals surface area contributed by atoms with Gasteiger partial charge in [-0.1, -0.05) is 12.1 Å². The Morgan fingerprint density at radius 1 is 1.23 bits per heavy atom. The highest BCUT2D eigenvalue weighted by Crippen LogP contribution is 2.32. The summed E-state index contributed by atoms with van der Waals surface area (Å²) >= 11 is 4.44. The zero-order valence-electron chi connectivity index (χ0n) is 14.1. The minimum atomic E-state index is -3.60. The van der Waals surface area contributed by atoms with E-state index in [4.69, 9.17) is 9.47 Å². The zero-order valence-corrected chi connectivity index (χ0v) is 17.3. The molecule has 6 nitrogen and oxygen atoms in total. The summed E-state index contributed by atoms with van der Waals surface area (Å²) < 4.78 is 38.6. The molecule has 0 aliphatic carbocycles. The van der Waals surface area contributed by atoms with Crippen molar-refractivity contribution in [3.8, 4) is 11.5 Å². The van der Waals surface area contributed by atoms with Gasteiger partial charge >= 0.3 is 5.97 Å². The summed E-state index contributed by atoms with van der Waals surface area (Å²) in [6.45, 7) is 0.516. The molecule has 2 heterocycles. The van der Waals surface area contributed by atoms with Crippen LogP contribution in [0.1, 0.15) is 12.8 Å². The largest absolute Gasteiger partial charge is 0.493 e. The Morgan fingerprint density at radius 3 is 2.62 bits per heavy atom. The van der Waals surface area contributed by atoms with Gasteiger partial charge < -0.3 is 9.47 Å². The highest BCUT2D eigenvalue weighted by atomic mass is 79.9. The first-order chi connectivity index (χ1) is 12.4. The van der Waals surface area contributed by atoms with Crippen LogP contribution in [0, 0.1) is 5.92 Å². The van der Waals surface area contributed by atoms with E-state index < -0.39 is 21.9 Å². The van der Waals surface area contributed by atoms with Crippen LogP contribution in [-0.2, 0) is 14.8 Å². The Kier molecular flexibility index (Phi) is 6.01. The molecule has 2 aromatic rings. The molecule has 9 heteroatoms. The highest BCUT2D eigenvalue weighted by molar-refractivity contribution is 9.11. The molecular weight excluding hydrogens is 442 g/mol. The van der Waals surface area contributed by atoms with Gasteiger partial charge in [0, 0.05) is 13.1 Å². The molecule has 1 saturated heterocycles. The second-order valence-electron chi connectivity index (χ2n) is 5.83. The molecule has 1 aromatic carbocycles. The van der Waals surface area contributed by atoms with Crippen LogP contribution in [-0.4, -0.2) is 38.9 Å². The molecule has 26 heavy (non-hydrogen) atoms. The minimum absolute atomic E-state index is 0.117. The van der Waals surface area contributed by atoms with Crippen molar-refractivity contribution in [2.45, 2.75) is 17.1 Å². The molecule has 1 fully saturated rings. The van der Waals surface area contributed by atoms with E-state index in [9.17, 15) is 13.2 Å². The van der Waals surface area contributed by atoms with Crippen LogP contribution in [0.2, 0.25) is 0 Å². The summed E-state index contributed by atoms with van der Waals surface area (Å²) in [5, 5.41) is 0. The first kappa shape index (κ1) is 19.3. The molecule has 0 radical (unpaired) electrons. The number of rotatable bonds is 5. The maximum Gasteiger partial charge on any atom is 0.315 e. The number of piperidine rings is 1. The lowest BCUT2D eigenvalue weighted by Gasteiger charge is -2.30. The highest BCUT2D eigenvalue weighted by Gasteiger charge is 2.35. The lowest BCUT2D eigenvalue weighted by atomic mass is 10.00. The third kappa shape index (κ3) is 4.11. The lowest BCUT2D eigenvalue weighted by Crippen LogP contribution is -2.43. The van der Waals surface area contributed by atoms with Crippen molar-refractivity contribution < 1.29 is 22.7 Å². The average molecular weight is 460 g/mol. The zero-order chi connectivity index (χ0) is 18.7. The first-order valence-corrected chi connectivity index (χ1v) is 11.1. The molecule has 0 N–H and O–H groups in total. The fourth-order valence-corrected chi connectivity index (χ4v) is 6.50.